The highest BCUT2D eigenvalue weighted by Gasteiger charge is 2.20. The molecular weight excluding hydrogens is 290 g/mol. The van der Waals surface area contributed by atoms with E-state index in [2.05, 4.69) is 46.5 Å². The molecule has 6 heteroatoms. The van der Waals surface area contributed by atoms with E-state index in [-0.39, 0.29) is 0 Å². The Hall–Kier alpha value is -1.56. The van der Waals surface area contributed by atoms with Gasteiger partial charge < -0.3 is 15.2 Å². The molecule has 6 nitrogen and oxygen atoms in total. The summed E-state index contributed by atoms with van der Waals surface area (Å²) in [4.78, 5) is 6.87. The number of hydrogen-bond donors (Lipinski definition) is 2. The summed E-state index contributed by atoms with van der Waals surface area (Å²) in [6, 6.07) is 2.58. The van der Waals surface area contributed by atoms with Crippen LogP contribution in [0.5, 0.6) is 0 Å². The highest BCUT2D eigenvalue weighted by Crippen LogP contribution is 2.14. The number of hydrogen-bond acceptors (Lipinski definition) is 4. The van der Waals surface area contributed by atoms with Crippen LogP contribution in [0.2, 0.25) is 0 Å². The zero-order valence-electron chi connectivity index (χ0n) is 14.9. The van der Waals surface area contributed by atoms with Crippen molar-refractivity contribution in [1.82, 2.24) is 20.7 Å². The highest BCUT2D eigenvalue weighted by atomic mass is 16.5. The van der Waals surface area contributed by atoms with Crippen molar-refractivity contribution in [1.29, 1.82) is 0 Å². The number of aliphatic imine (C=N–C) groups is 1. The minimum Gasteiger partial charge on any atom is -0.359 e. The maximum Gasteiger partial charge on any atom is 0.191 e. The van der Waals surface area contributed by atoms with Gasteiger partial charge >= 0.3 is 0 Å². The molecule has 0 radical (unpaired) electrons. The van der Waals surface area contributed by atoms with Gasteiger partial charge in [0.15, 0.2) is 11.7 Å². The summed E-state index contributed by atoms with van der Waals surface area (Å²) in [6.45, 7) is 10.4. The molecule has 0 bridgehead atoms. The van der Waals surface area contributed by atoms with Gasteiger partial charge in [0, 0.05) is 25.7 Å². The lowest BCUT2D eigenvalue weighted by atomic mass is 10.1. The van der Waals surface area contributed by atoms with Crippen molar-refractivity contribution in [2.75, 3.05) is 26.7 Å². The lowest BCUT2D eigenvalue weighted by Gasteiger charge is -2.27. The van der Waals surface area contributed by atoms with E-state index in [0.29, 0.717) is 18.5 Å². The summed E-state index contributed by atoms with van der Waals surface area (Å²) in [5.41, 5.74) is 0.991. The maximum absolute atomic E-state index is 5.35. The minimum absolute atomic E-state index is 0.385. The second-order valence-corrected chi connectivity index (χ2v) is 6.48. The smallest absolute Gasteiger partial charge is 0.191 e. The molecule has 1 aromatic heterocycles. The molecule has 1 aliphatic heterocycles. The lowest BCUT2D eigenvalue weighted by Crippen LogP contribution is -2.46. The zero-order chi connectivity index (χ0) is 16.7. The molecule has 1 saturated heterocycles. The molecule has 1 atom stereocenters. The van der Waals surface area contributed by atoms with Gasteiger partial charge in [0.1, 0.15) is 0 Å². The van der Waals surface area contributed by atoms with Crippen LogP contribution >= 0.6 is 0 Å². The minimum atomic E-state index is 0.385. The molecule has 130 valence electrons. The van der Waals surface area contributed by atoms with Gasteiger partial charge in [-0.05, 0) is 38.3 Å². The Kier molecular flexibility index (Phi) is 6.89. The molecule has 0 saturated carbocycles. The molecular formula is C17H31N5O. The van der Waals surface area contributed by atoms with Crippen LogP contribution in [0.4, 0.5) is 0 Å². The van der Waals surface area contributed by atoms with E-state index in [4.69, 9.17) is 4.52 Å². The number of rotatable bonds is 7. The van der Waals surface area contributed by atoms with Gasteiger partial charge in [0.05, 0.1) is 12.2 Å². The van der Waals surface area contributed by atoms with E-state index in [1.807, 2.05) is 6.07 Å². The molecule has 0 spiro atoms. The van der Waals surface area contributed by atoms with Gasteiger partial charge in [-0.3, -0.25) is 9.89 Å². The standard InChI is InChI=1S/C17H31N5O/c1-5-14(22-8-6-7-9-22)11-19-17(18-4)20-12-15-10-16(13(2)3)21-23-15/h10,13-14H,5-9,11-12H2,1-4H3,(H2,18,19,20). The molecule has 1 aromatic rings. The fraction of sp³-hybridized carbons (Fsp3) is 0.765. The molecule has 1 fully saturated rings. The first-order chi connectivity index (χ1) is 11.1. The fourth-order valence-corrected chi connectivity index (χ4v) is 2.93. The van der Waals surface area contributed by atoms with Crippen LogP contribution in [-0.4, -0.2) is 48.7 Å². The number of guanidine groups is 1. The van der Waals surface area contributed by atoms with E-state index in [1.54, 1.807) is 7.05 Å². The third kappa shape index (κ3) is 5.23. The van der Waals surface area contributed by atoms with Crippen LogP contribution in [0, 0.1) is 0 Å². The van der Waals surface area contributed by atoms with Crippen LogP contribution in [0.1, 0.15) is 57.4 Å². The Morgan fingerprint density at radius 1 is 1.35 bits per heavy atom. The van der Waals surface area contributed by atoms with Crippen LogP contribution in [0.25, 0.3) is 0 Å². The van der Waals surface area contributed by atoms with Crippen molar-refractivity contribution in [3.8, 4) is 0 Å². The lowest BCUT2D eigenvalue weighted by molar-refractivity contribution is 0.236. The Morgan fingerprint density at radius 3 is 2.65 bits per heavy atom. The molecule has 0 aliphatic carbocycles. The summed E-state index contributed by atoms with van der Waals surface area (Å²) in [5, 5.41) is 10.8. The van der Waals surface area contributed by atoms with Crippen LogP contribution < -0.4 is 10.6 Å². The van der Waals surface area contributed by atoms with Gasteiger partial charge in [-0.2, -0.15) is 0 Å². The number of likely N-dealkylation sites (tertiary alicyclic amines) is 1. The monoisotopic (exact) mass is 321 g/mol. The summed E-state index contributed by atoms with van der Waals surface area (Å²) in [7, 11) is 1.80. The SMILES string of the molecule is CCC(CNC(=NC)NCc1cc(C(C)C)no1)N1CCCC1. The van der Waals surface area contributed by atoms with Crippen molar-refractivity contribution in [2.24, 2.45) is 4.99 Å². The quantitative estimate of drug-likeness (QED) is 0.596. The summed E-state index contributed by atoms with van der Waals surface area (Å²) in [5.74, 6) is 2.03. The van der Waals surface area contributed by atoms with Crippen LogP contribution in [0.15, 0.2) is 15.6 Å². The molecule has 0 aromatic carbocycles. The van der Waals surface area contributed by atoms with Crippen molar-refractivity contribution in [2.45, 2.75) is 58.5 Å². The summed E-state index contributed by atoms with van der Waals surface area (Å²) < 4.78 is 5.35. The molecule has 2 heterocycles. The molecule has 0 amide bonds. The topological polar surface area (TPSA) is 65.7 Å². The van der Waals surface area contributed by atoms with E-state index in [9.17, 15) is 0 Å². The number of nitrogens with zero attached hydrogens (tertiary/aromatic N) is 3. The van der Waals surface area contributed by atoms with Crippen LogP contribution in [-0.2, 0) is 6.54 Å². The maximum atomic E-state index is 5.35. The zero-order valence-corrected chi connectivity index (χ0v) is 14.9. The van der Waals surface area contributed by atoms with Crippen molar-refractivity contribution in [3.63, 3.8) is 0 Å². The van der Waals surface area contributed by atoms with Gasteiger partial charge in [0.25, 0.3) is 0 Å². The average Bonchev–Trinajstić information content (AvgIpc) is 3.22. The highest BCUT2D eigenvalue weighted by molar-refractivity contribution is 5.79. The molecule has 2 rings (SSSR count). The van der Waals surface area contributed by atoms with Crippen molar-refractivity contribution < 1.29 is 4.52 Å². The summed E-state index contributed by atoms with van der Waals surface area (Å²) in [6.07, 6.45) is 3.81. The second kappa shape index (κ2) is 8.91. The van der Waals surface area contributed by atoms with E-state index in [0.717, 1.165) is 30.4 Å². The predicted molar refractivity (Wildman–Crippen MR) is 93.7 cm³/mol. The molecule has 2 N–H and O–H groups in total. The van der Waals surface area contributed by atoms with Gasteiger partial charge in [0.2, 0.25) is 0 Å². The van der Waals surface area contributed by atoms with E-state index in [1.165, 1.54) is 25.9 Å². The first-order valence-corrected chi connectivity index (χ1v) is 8.78. The molecule has 1 unspecified atom stereocenters. The summed E-state index contributed by atoms with van der Waals surface area (Å²) >= 11 is 0. The van der Waals surface area contributed by atoms with Crippen LogP contribution in [0.3, 0.4) is 0 Å². The van der Waals surface area contributed by atoms with Gasteiger partial charge in [-0.25, -0.2) is 0 Å². The third-order valence-electron chi connectivity index (χ3n) is 4.46. The van der Waals surface area contributed by atoms with Gasteiger partial charge in [-0.1, -0.05) is 25.9 Å². The van der Waals surface area contributed by atoms with E-state index >= 15 is 0 Å². The van der Waals surface area contributed by atoms with E-state index < -0.39 is 0 Å². The first kappa shape index (κ1) is 17.8. The molecule has 23 heavy (non-hydrogen) atoms. The first-order valence-electron chi connectivity index (χ1n) is 8.78. The normalized spacial score (nSPS) is 17.7. The second-order valence-electron chi connectivity index (χ2n) is 6.48. The third-order valence-corrected chi connectivity index (χ3v) is 4.46. The Balaban J connectivity index is 1.78. The van der Waals surface area contributed by atoms with Crippen molar-refractivity contribution >= 4 is 5.96 Å². The number of nitrogens with one attached hydrogen (secondary N) is 2. The number of aromatic nitrogens is 1. The van der Waals surface area contributed by atoms with Gasteiger partial charge in [-0.15, -0.1) is 0 Å². The Labute approximate surface area is 139 Å². The predicted octanol–water partition coefficient (Wildman–Crippen LogP) is 2.34. The Morgan fingerprint density at radius 2 is 2.09 bits per heavy atom. The molecule has 1 aliphatic rings. The van der Waals surface area contributed by atoms with Crippen molar-refractivity contribution in [3.05, 3.63) is 17.5 Å². The average molecular weight is 321 g/mol. The fourth-order valence-electron chi connectivity index (χ4n) is 2.93. The Bertz CT molecular complexity index is 491. The largest absolute Gasteiger partial charge is 0.359 e.